The summed E-state index contributed by atoms with van der Waals surface area (Å²) < 4.78 is 2.05. The number of nitrogens with one attached hydrogen (secondary N) is 1. The molecule has 0 saturated carbocycles. The average molecular weight is 272 g/mol. The summed E-state index contributed by atoms with van der Waals surface area (Å²) in [5.41, 5.74) is 5.46. The van der Waals surface area contributed by atoms with E-state index in [0.29, 0.717) is 5.92 Å². The third-order valence-corrected chi connectivity index (χ3v) is 3.75. The highest BCUT2D eigenvalue weighted by atomic mass is 15.3. The molecular weight excluding hydrogens is 248 g/mol. The van der Waals surface area contributed by atoms with E-state index in [4.69, 9.17) is 5.84 Å². The van der Waals surface area contributed by atoms with E-state index in [1.165, 1.54) is 5.56 Å². The van der Waals surface area contributed by atoms with Crippen LogP contribution in [0.3, 0.4) is 0 Å². The van der Waals surface area contributed by atoms with Crippen LogP contribution >= 0.6 is 0 Å². The van der Waals surface area contributed by atoms with Gasteiger partial charge in [-0.1, -0.05) is 44.2 Å². The van der Waals surface area contributed by atoms with Crippen LogP contribution in [0.2, 0.25) is 0 Å². The van der Waals surface area contributed by atoms with Crippen molar-refractivity contribution in [2.75, 3.05) is 0 Å². The molecule has 0 aliphatic carbocycles. The van der Waals surface area contributed by atoms with E-state index in [2.05, 4.69) is 59.4 Å². The van der Waals surface area contributed by atoms with Gasteiger partial charge in [0.05, 0.1) is 11.7 Å². The number of benzene rings is 1. The summed E-state index contributed by atoms with van der Waals surface area (Å²) in [7, 11) is 0. The van der Waals surface area contributed by atoms with Gasteiger partial charge >= 0.3 is 0 Å². The van der Waals surface area contributed by atoms with Gasteiger partial charge < -0.3 is 0 Å². The van der Waals surface area contributed by atoms with E-state index in [1.807, 2.05) is 12.3 Å². The van der Waals surface area contributed by atoms with Crippen molar-refractivity contribution in [3.63, 3.8) is 0 Å². The smallest absolute Gasteiger partial charge is 0.0697 e. The Hall–Kier alpha value is -1.65. The third kappa shape index (κ3) is 3.08. The summed E-state index contributed by atoms with van der Waals surface area (Å²) in [4.78, 5) is 0. The molecule has 1 aromatic carbocycles. The molecule has 0 fully saturated rings. The Morgan fingerprint density at radius 3 is 2.55 bits per heavy atom. The monoisotopic (exact) mass is 272 g/mol. The van der Waals surface area contributed by atoms with E-state index >= 15 is 0 Å². The summed E-state index contributed by atoms with van der Waals surface area (Å²) >= 11 is 0. The fraction of sp³-hybridized carbons (Fsp3) is 0.438. The molecule has 108 valence electrons. The maximum absolute atomic E-state index is 5.85. The van der Waals surface area contributed by atoms with Crippen LogP contribution in [0, 0.1) is 0 Å². The molecule has 2 atom stereocenters. The van der Waals surface area contributed by atoms with Crippen LogP contribution < -0.4 is 11.3 Å². The van der Waals surface area contributed by atoms with Crippen LogP contribution in [0.25, 0.3) is 0 Å². The number of aromatic nitrogens is 2. The second-order valence-corrected chi connectivity index (χ2v) is 5.05. The first-order chi connectivity index (χ1) is 9.81. The number of nitrogens with two attached hydrogens (primary N) is 1. The first kappa shape index (κ1) is 14.8. The van der Waals surface area contributed by atoms with Crippen molar-refractivity contribution in [3.05, 3.63) is 53.9 Å². The van der Waals surface area contributed by atoms with Gasteiger partial charge in [-0.3, -0.25) is 16.0 Å². The largest absolute Gasteiger partial charge is 0.271 e. The van der Waals surface area contributed by atoms with Gasteiger partial charge in [-0.15, -0.1) is 0 Å². The van der Waals surface area contributed by atoms with Crippen molar-refractivity contribution in [1.82, 2.24) is 15.2 Å². The molecule has 0 aliphatic heterocycles. The van der Waals surface area contributed by atoms with E-state index in [0.717, 1.165) is 25.1 Å². The number of nitrogens with zero attached hydrogens (tertiary/aromatic N) is 2. The van der Waals surface area contributed by atoms with Gasteiger partial charge in [0.1, 0.15) is 0 Å². The lowest BCUT2D eigenvalue weighted by Crippen LogP contribution is -2.34. The second kappa shape index (κ2) is 7.22. The Morgan fingerprint density at radius 1 is 1.20 bits per heavy atom. The van der Waals surface area contributed by atoms with Crippen molar-refractivity contribution in [3.8, 4) is 0 Å². The predicted molar refractivity (Wildman–Crippen MR) is 82.1 cm³/mol. The molecule has 0 aliphatic rings. The zero-order valence-corrected chi connectivity index (χ0v) is 12.3. The molecule has 0 saturated heterocycles. The zero-order chi connectivity index (χ0) is 14.4. The van der Waals surface area contributed by atoms with Crippen LogP contribution in [-0.4, -0.2) is 9.78 Å². The second-order valence-electron chi connectivity index (χ2n) is 5.05. The highest BCUT2D eigenvalue weighted by Gasteiger charge is 2.25. The molecule has 4 heteroatoms. The first-order valence-corrected chi connectivity index (χ1v) is 7.34. The SMILES string of the molecule is CCCn1nccc1C(NN)C(CC)c1ccccc1. The topological polar surface area (TPSA) is 55.9 Å². The lowest BCUT2D eigenvalue weighted by molar-refractivity contribution is 0.407. The average Bonchev–Trinajstić information content (AvgIpc) is 2.94. The molecule has 1 aromatic heterocycles. The zero-order valence-electron chi connectivity index (χ0n) is 12.3. The normalized spacial score (nSPS) is 14.2. The molecule has 2 aromatic rings. The number of aryl methyl sites for hydroxylation is 1. The molecule has 0 amide bonds. The van der Waals surface area contributed by atoms with Crippen LogP contribution in [0.15, 0.2) is 42.6 Å². The molecule has 0 spiro atoms. The summed E-state index contributed by atoms with van der Waals surface area (Å²) in [5, 5.41) is 4.41. The Balaban J connectivity index is 2.32. The van der Waals surface area contributed by atoms with E-state index in [1.54, 1.807) is 0 Å². The van der Waals surface area contributed by atoms with E-state index in [9.17, 15) is 0 Å². The molecule has 0 bridgehead atoms. The van der Waals surface area contributed by atoms with Gasteiger partial charge in [-0.05, 0) is 24.5 Å². The Kier molecular flexibility index (Phi) is 5.32. The Morgan fingerprint density at radius 2 is 1.95 bits per heavy atom. The number of hydrogen-bond donors (Lipinski definition) is 2. The molecular formula is C16H24N4. The summed E-state index contributed by atoms with van der Waals surface area (Å²) in [6.45, 7) is 5.28. The minimum Gasteiger partial charge on any atom is -0.271 e. The van der Waals surface area contributed by atoms with Crippen molar-refractivity contribution in [2.24, 2.45) is 5.84 Å². The maximum Gasteiger partial charge on any atom is 0.0697 e. The fourth-order valence-electron chi connectivity index (χ4n) is 2.78. The van der Waals surface area contributed by atoms with Gasteiger partial charge in [0.2, 0.25) is 0 Å². The third-order valence-electron chi connectivity index (χ3n) is 3.75. The number of rotatable bonds is 7. The van der Waals surface area contributed by atoms with Crippen LogP contribution in [0.1, 0.15) is 49.9 Å². The maximum atomic E-state index is 5.85. The van der Waals surface area contributed by atoms with E-state index < -0.39 is 0 Å². The quantitative estimate of drug-likeness (QED) is 0.602. The van der Waals surface area contributed by atoms with Gasteiger partial charge in [-0.2, -0.15) is 5.10 Å². The number of hydrogen-bond acceptors (Lipinski definition) is 3. The highest BCUT2D eigenvalue weighted by Crippen LogP contribution is 2.32. The Labute approximate surface area is 121 Å². The molecule has 20 heavy (non-hydrogen) atoms. The molecule has 4 nitrogen and oxygen atoms in total. The predicted octanol–water partition coefficient (Wildman–Crippen LogP) is 2.99. The van der Waals surface area contributed by atoms with Crippen LogP contribution in [0.4, 0.5) is 0 Å². The van der Waals surface area contributed by atoms with Crippen LogP contribution in [-0.2, 0) is 6.54 Å². The molecule has 1 heterocycles. The molecule has 3 N–H and O–H groups in total. The molecule has 2 rings (SSSR count). The van der Waals surface area contributed by atoms with Crippen LogP contribution in [0.5, 0.6) is 0 Å². The minimum absolute atomic E-state index is 0.0800. The first-order valence-electron chi connectivity index (χ1n) is 7.34. The number of hydrazine groups is 1. The molecule has 2 unspecified atom stereocenters. The fourth-order valence-corrected chi connectivity index (χ4v) is 2.78. The lowest BCUT2D eigenvalue weighted by Gasteiger charge is -2.26. The van der Waals surface area contributed by atoms with Crippen molar-refractivity contribution < 1.29 is 0 Å². The summed E-state index contributed by atoms with van der Waals surface area (Å²) in [6.07, 6.45) is 3.94. The van der Waals surface area contributed by atoms with E-state index in [-0.39, 0.29) is 6.04 Å². The van der Waals surface area contributed by atoms with Crippen molar-refractivity contribution in [2.45, 2.75) is 45.2 Å². The standard InChI is InChI=1S/C16H24N4/c1-3-12-20-15(10-11-18-20)16(19-17)14(4-2)13-8-6-5-7-9-13/h5-11,14,16,19H,3-4,12,17H2,1-2H3. The van der Waals surface area contributed by atoms with Gasteiger partial charge in [0, 0.05) is 18.7 Å². The lowest BCUT2D eigenvalue weighted by atomic mass is 9.87. The minimum atomic E-state index is 0.0800. The van der Waals surface area contributed by atoms with Gasteiger partial charge in [-0.25, -0.2) is 0 Å². The van der Waals surface area contributed by atoms with Crippen molar-refractivity contribution >= 4 is 0 Å². The summed E-state index contributed by atoms with van der Waals surface area (Å²) in [6, 6.07) is 12.7. The molecule has 0 radical (unpaired) electrons. The summed E-state index contributed by atoms with van der Waals surface area (Å²) in [5.74, 6) is 6.19. The van der Waals surface area contributed by atoms with Gasteiger partial charge in [0.25, 0.3) is 0 Å². The Bertz CT molecular complexity index is 506. The van der Waals surface area contributed by atoms with Gasteiger partial charge in [0.15, 0.2) is 0 Å². The highest BCUT2D eigenvalue weighted by molar-refractivity contribution is 5.24. The van der Waals surface area contributed by atoms with Crippen molar-refractivity contribution in [1.29, 1.82) is 0 Å².